The van der Waals surface area contributed by atoms with Gasteiger partial charge in [-0.25, -0.2) is 4.98 Å². The van der Waals surface area contributed by atoms with Gasteiger partial charge in [0, 0.05) is 11.2 Å². The van der Waals surface area contributed by atoms with Crippen molar-refractivity contribution >= 4 is 35.3 Å². The molecule has 0 amide bonds. The zero-order valence-electron chi connectivity index (χ0n) is 10.8. The number of nitrogens with zero attached hydrogens (tertiary/aromatic N) is 2. The third kappa shape index (κ3) is 2.84. The van der Waals surface area contributed by atoms with E-state index >= 15 is 0 Å². The topological polar surface area (TPSA) is 57.4 Å². The minimum absolute atomic E-state index is 0.00307. The molecule has 7 heteroatoms. The molecule has 0 unspecified atom stereocenters. The summed E-state index contributed by atoms with van der Waals surface area (Å²) in [5, 5.41) is 6.98. The Hall–Kier alpha value is -0.660. The van der Waals surface area contributed by atoms with Crippen molar-refractivity contribution in [2.45, 2.75) is 31.9 Å². The Morgan fingerprint density at radius 3 is 2.50 bits per heavy atom. The number of nitrogens with one attached hydrogen (secondary N) is 2. The average Bonchev–Trinajstić information content (AvgIpc) is 2.83. The number of aromatic amines is 2. The quantitative estimate of drug-likeness (QED) is 0.848. The maximum Gasteiger partial charge on any atom is 0.213 e. The second kappa shape index (κ2) is 5.14. The Balaban J connectivity index is 2.54. The van der Waals surface area contributed by atoms with Gasteiger partial charge in [0.25, 0.3) is 0 Å². The van der Waals surface area contributed by atoms with Crippen molar-refractivity contribution in [1.29, 1.82) is 0 Å². The van der Waals surface area contributed by atoms with E-state index in [2.05, 4.69) is 42.2 Å². The van der Waals surface area contributed by atoms with Crippen LogP contribution in [0.2, 0.25) is 0 Å². The van der Waals surface area contributed by atoms with Gasteiger partial charge in [-0.05, 0) is 18.5 Å². The predicted octanol–water partition coefficient (Wildman–Crippen LogP) is 3.75. The molecular weight excluding hydrogens is 284 g/mol. The molecule has 0 atom stereocenters. The van der Waals surface area contributed by atoms with Gasteiger partial charge in [-0.15, -0.1) is 11.3 Å². The van der Waals surface area contributed by atoms with Crippen molar-refractivity contribution in [3.05, 3.63) is 15.5 Å². The number of hydrogen-bond acceptors (Lipinski definition) is 5. The molecule has 4 nitrogen and oxygen atoms in total. The fraction of sp³-hybridized carbons (Fsp3) is 0.545. The number of H-pyrrole nitrogens is 2. The first kappa shape index (κ1) is 13.8. The smallest absolute Gasteiger partial charge is 0.213 e. The van der Waals surface area contributed by atoms with E-state index in [-0.39, 0.29) is 5.41 Å². The summed E-state index contributed by atoms with van der Waals surface area (Å²) < 4.78 is 0.477. The lowest BCUT2D eigenvalue weighted by molar-refractivity contribution is 0.573. The fourth-order valence-corrected chi connectivity index (χ4v) is 3.65. The van der Waals surface area contributed by atoms with E-state index in [1.165, 1.54) is 0 Å². The van der Waals surface area contributed by atoms with Gasteiger partial charge in [0.2, 0.25) is 4.77 Å². The summed E-state index contributed by atoms with van der Waals surface area (Å²) in [6, 6.07) is 0. The minimum Gasteiger partial charge on any atom is -0.281 e. The van der Waals surface area contributed by atoms with Crippen molar-refractivity contribution in [2.75, 3.05) is 6.26 Å². The summed E-state index contributed by atoms with van der Waals surface area (Å²) in [6.45, 7) is 6.49. The molecule has 0 aliphatic carbocycles. The van der Waals surface area contributed by atoms with Crippen LogP contribution in [0.15, 0.2) is 0 Å². The van der Waals surface area contributed by atoms with E-state index in [9.17, 15) is 0 Å². The number of thioether (sulfide) groups is 1. The molecule has 2 N–H and O–H groups in total. The molecular formula is C11H16N4S3. The van der Waals surface area contributed by atoms with Crippen LogP contribution in [0.3, 0.4) is 0 Å². The molecule has 0 radical (unpaired) electrons. The van der Waals surface area contributed by atoms with Crippen LogP contribution in [0.5, 0.6) is 0 Å². The van der Waals surface area contributed by atoms with Gasteiger partial charge in [0.15, 0.2) is 5.82 Å². The Labute approximate surface area is 120 Å². The molecule has 0 aliphatic rings. The van der Waals surface area contributed by atoms with Gasteiger partial charge in [-0.3, -0.25) is 10.2 Å². The third-order valence-corrected chi connectivity index (χ3v) is 4.37. The van der Waals surface area contributed by atoms with E-state index < -0.39 is 0 Å². The molecule has 0 aromatic carbocycles. The first-order chi connectivity index (χ1) is 8.41. The molecule has 18 heavy (non-hydrogen) atoms. The minimum atomic E-state index is -0.00307. The van der Waals surface area contributed by atoms with Gasteiger partial charge in [0.05, 0.1) is 10.6 Å². The molecule has 2 aromatic heterocycles. The number of hydrogen-bond donors (Lipinski definition) is 2. The second-order valence-electron chi connectivity index (χ2n) is 4.98. The highest BCUT2D eigenvalue weighted by molar-refractivity contribution is 7.97. The van der Waals surface area contributed by atoms with E-state index in [4.69, 9.17) is 17.2 Å². The fourth-order valence-electron chi connectivity index (χ4n) is 1.60. The lowest BCUT2D eigenvalue weighted by atomic mass is 9.91. The van der Waals surface area contributed by atoms with Crippen LogP contribution in [0.1, 0.15) is 31.5 Å². The molecule has 2 aromatic rings. The van der Waals surface area contributed by atoms with Crippen LogP contribution in [-0.2, 0) is 11.2 Å². The summed E-state index contributed by atoms with van der Waals surface area (Å²) in [5.41, 5.74) is 1.07. The third-order valence-electron chi connectivity index (χ3n) is 2.37. The van der Waals surface area contributed by atoms with E-state index in [0.29, 0.717) is 4.77 Å². The maximum absolute atomic E-state index is 5.01. The largest absolute Gasteiger partial charge is 0.281 e. The van der Waals surface area contributed by atoms with Crippen LogP contribution < -0.4 is 0 Å². The van der Waals surface area contributed by atoms with E-state index in [0.717, 1.165) is 27.2 Å². The summed E-state index contributed by atoms with van der Waals surface area (Å²) in [6.07, 6.45) is 2.08. The van der Waals surface area contributed by atoms with Crippen molar-refractivity contribution < 1.29 is 0 Å². The van der Waals surface area contributed by atoms with Crippen LogP contribution in [0.25, 0.3) is 10.7 Å². The molecule has 0 aliphatic heterocycles. The van der Waals surface area contributed by atoms with Gasteiger partial charge in [-0.1, -0.05) is 20.8 Å². The second-order valence-corrected chi connectivity index (χ2v) is 7.32. The highest BCUT2D eigenvalue weighted by atomic mass is 32.2. The van der Waals surface area contributed by atoms with Gasteiger partial charge in [0.1, 0.15) is 5.01 Å². The Kier molecular flexibility index (Phi) is 3.93. The van der Waals surface area contributed by atoms with Crippen LogP contribution in [0, 0.1) is 4.77 Å². The highest BCUT2D eigenvalue weighted by Crippen LogP contribution is 2.36. The maximum atomic E-state index is 5.01. The SMILES string of the molecule is CSCc1nc(C(C)(C)C)c(-c2nc(=S)[nH][nH]2)s1. The van der Waals surface area contributed by atoms with Crippen molar-refractivity contribution in [2.24, 2.45) is 0 Å². The van der Waals surface area contributed by atoms with E-state index in [1.54, 1.807) is 23.1 Å². The Bertz CT molecular complexity index is 588. The van der Waals surface area contributed by atoms with Gasteiger partial charge in [-0.2, -0.15) is 16.7 Å². The molecule has 0 saturated carbocycles. The Morgan fingerprint density at radius 1 is 1.28 bits per heavy atom. The lowest BCUT2D eigenvalue weighted by Gasteiger charge is -2.16. The van der Waals surface area contributed by atoms with Gasteiger partial charge >= 0.3 is 0 Å². The average molecular weight is 300 g/mol. The summed E-state index contributed by atoms with van der Waals surface area (Å²) in [5.74, 6) is 1.72. The molecule has 0 fully saturated rings. The summed E-state index contributed by atoms with van der Waals surface area (Å²) in [4.78, 5) is 10.1. The van der Waals surface area contributed by atoms with E-state index in [1.807, 2.05) is 0 Å². The van der Waals surface area contributed by atoms with Crippen LogP contribution in [-0.4, -0.2) is 26.4 Å². The zero-order chi connectivity index (χ0) is 13.3. The monoisotopic (exact) mass is 300 g/mol. The number of aromatic nitrogens is 4. The highest BCUT2D eigenvalue weighted by Gasteiger charge is 2.25. The first-order valence-electron chi connectivity index (χ1n) is 5.56. The van der Waals surface area contributed by atoms with Crippen molar-refractivity contribution in [1.82, 2.24) is 20.2 Å². The molecule has 2 heterocycles. The first-order valence-corrected chi connectivity index (χ1v) is 8.18. The zero-order valence-corrected chi connectivity index (χ0v) is 13.3. The predicted molar refractivity (Wildman–Crippen MR) is 80.8 cm³/mol. The lowest BCUT2D eigenvalue weighted by Crippen LogP contribution is -2.13. The normalized spacial score (nSPS) is 12.0. The van der Waals surface area contributed by atoms with Crippen LogP contribution >= 0.6 is 35.3 Å². The molecule has 98 valence electrons. The molecule has 0 bridgehead atoms. The van der Waals surface area contributed by atoms with Gasteiger partial charge < -0.3 is 0 Å². The summed E-state index contributed by atoms with van der Waals surface area (Å²) >= 11 is 8.47. The molecule has 2 rings (SSSR count). The summed E-state index contributed by atoms with van der Waals surface area (Å²) in [7, 11) is 0. The molecule has 0 spiro atoms. The Morgan fingerprint density at radius 2 is 2.00 bits per heavy atom. The molecule has 0 saturated heterocycles. The standard InChI is InChI=1S/C11H16N4S3/c1-11(2,3)8-7(9-13-10(16)15-14-9)18-6(12-8)5-17-4/h5H2,1-4H3,(H2,13,14,15,16). The number of rotatable bonds is 3. The van der Waals surface area contributed by atoms with Crippen LogP contribution in [0.4, 0.5) is 0 Å². The van der Waals surface area contributed by atoms with Crippen molar-refractivity contribution in [3.8, 4) is 10.7 Å². The van der Waals surface area contributed by atoms with Crippen molar-refractivity contribution in [3.63, 3.8) is 0 Å². The number of thiazole rings is 1.